The second-order valence-electron chi connectivity index (χ2n) is 9.88. The SMILES string of the molecule is O=C(CN1Cc2ccc(-c3nc(NC4CCOCC4)ncc3Cl)cc2C1=O)NC(CO)c1cccn2ccnc12. The van der Waals surface area contributed by atoms with E-state index in [4.69, 9.17) is 16.3 Å². The number of hydrogen-bond acceptors (Lipinski definition) is 8. The van der Waals surface area contributed by atoms with Crippen LogP contribution in [0.15, 0.2) is 55.1 Å². The average Bonchev–Trinajstić information content (AvgIpc) is 3.57. The van der Waals surface area contributed by atoms with E-state index in [1.54, 1.807) is 24.7 Å². The average molecular weight is 562 g/mol. The number of pyridine rings is 1. The number of nitrogens with zero attached hydrogens (tertiary/aromatic N) is 5. The molecular weight excluding hydrogens is 534 g/mol. The summed E-state index contributed by atoms with van der Waals surface area (Å²) in [6.07, 6.45) is 8.59. The number of halogens is 1. The maximum absolute atomic E-state index is 13.3. The number of hydrogen-bond donors (Lipinski definition) is 3. The molecule has 2 aliphatic heterocycles. The van der Waals surface area contributed by atoms with Gasteiger partial charge in [-0.05, 0) is 30.5 Å². The highest BCUT2D eigenvalue weighted by Gasteiger charge is 2.30. The van der Waals surface area contributed by atoms with Gasteiger partial charge in [-0.15, -0.1) is 0 Å². The molecule has 40 heavy (non-hydrogen) atoms. The summed E-state index contributed by atoms with van der Waals surface area (Å²) in [6, 6.07) is 8.69. The molecule has 6 rings (SSSR count). The Balaban J connectivity index is 1.15. The van der Waals surface area contributed by atoms with Gasteiger partial charge in [0, 0.05) is 61.1 Å². The number of rotatable bonds is 8. The molecule has 3 aromatic heterocycles. The first kappa shape index (κ1) is 26.2. The maximum Gasteiger partial charge on any atom is 0.254 e. The van der Waals surface area contributed by atoms with Crippen LogP contribution in [0, 0.1) is 0 Å². The minimum absolute atomic E-state index is 0.148. The van der Waals surface area contributed by atoms with Gasteiger partial charge < -0.3 is 29.8 Å². The molecule has 0 radical (unpaired) electrons. The Bertz CT molecular complexity index is 1570. The first-order valence-corrected chi connectivity index (χ1v) is 13.5. The highest BCUT2D eigenvalue weighted by Crippen LogP contribution is 2.32. The summed E-state index contributed by atoms with van der Waals surface area (Å²) in [5.74, 6) is -0.161. The smallest absolute Gasteiger partial charge is 0.254 e. The molecule has 1 saturated heterocycles. The quantitative estimate of drug-likeness (QED) is 0.299. The Kier molecular flexibility index (Phi) is 7.33. The highest BCUT2D eigenvalue weighted by atomic mass is 35.5. The van der Waals surface area contributed by atoms with Crippen LogP contribution in [0.25, 0.3) is 16.9 Å². The molecular formula is C28H28ClN7O4. The molecule has 11 nitrogen and oxygen atoms in total. The van der Waals surface area contributed by atoms with Crippen molar-refractivity contribution in [2.45, 2.75) is 31.5 Å². The number of aromatic nitrogens is 4. The molecule has 12 heteroatoms. The van der Waals surface area contributed by atoms with Gasteiger partial charge in [-0.1, -0.05) is 29.8 Å². The molecule has 206 valence electrons. The van der Waals surface area contributed by atoms with Gasteiger partial charge in [0.15, 0.2) is 0 Å². The Morgan fingerprint density at radius 2 is 2.05 bits per heavy atom. The lowest BCUT2D eigenvalue weighted by Gasteiger charge is -2.23. The van der Waals surface area contributed by atoms with E-state index in [1.165, 1.54) is 4.90 Å². The minimum Gasteiger partial charge on any atom is -0.394 e. The monoisotopic (exact) mass is 561 g/mol. The van der Waals surface area contributed by atoms with E-state index in [0.29, 0.717) is 58.8 Å². The number of fused-ring (bicyclic) bond motifs is 2. The number of anilines is 1. The van der Waals surface area contributed by atoms with Crippen LogP contribution in [0.4, 0.5) is 5.95 Å². The molecule has 5 heterocycles. The fourth-order valence-electron chi connectivity index (χ4n) is 5.18. The molecule has 1 aromatic carbocycles. The molecule has 3 N–H and O–H groups in total. The van der Waals surface area contributed by atoms with Crippen molar-refractivity contribution in [2.24, 2.45) is 0 Å². The van der Waals surface area contributed by atoms with Gasteiger partial charge in [0.05, 0.1) is 29.6 Å². The molecule has 1 fully saturated rings. The molecule has 2 aliphatic rings. The Morgan fingerprint density at radius 1 is 1.20 bits per heavy atom. The molecule has 1 atom stereocenters. The molecule has 4 aromatic rings. The van der Waals surface area contributed by atoms with Crippen molar-refractivity contribution in [3.63, 3.8) is 0 Å². The third-order valence-electron chi connectivity index (χ3n) is 7.24. The third-order valence-corrected chi connectivity index (χ3v) is 7.51. The number of carbonyl (C=O) groups is 2. The molecule has 1 unspecified atom stereocenters. The molecule has 0 spiro atoms. The number of carbonyl (C=O) groups excluding carboxylic acids is 2. The van der Waals surface area contributed by atoms with Crippen molar-refractivity contribution in [3.8, 4) is 11.3 Å². The lowest BCUT2D eigenvalue weighted by molar-refractivity contribution is -0.122. The zero-order chi connectivity index (χ0) is 27.6. The Morgan fingerprint density at radius 3 is 2.88 bits per heavy atom. The van der Waals surface area contributed by atoms with E-state index in [9.17, 15) is 14.7 Å². The number of aliphatic hydroxyl groups is 1. The zero-order valence-electron chi connectivity index (χ0n) is 21.6. The van der Waals surface area contributed by atoms with Gasteiger partial charge >= 0.3 is 0 Å². The van der Waals surface area contributed by atoms with Crippen LogP contribution < -0.4 is 10.6 Å². The second kappa shape index (κ2) is 11.2. The van der Waals surface area contributed by atoms with E-state index in [0.717, 1.165) is 18.4 Å². The van der Waals surface area contributed by atoms with Gasteiger partial charge in [-0.3, -0.25) is 9.59 Å². The standard InChI is InChI=1S/C28H28ClN7O4/c29-22-13-31-28(32-19-5-10-40-11-6-19)34-25(22)17-3-4-18-14-36(27(39)21(18)12-17)15-24(38)33-23(16-37)20-2-1-8-35-9-7-30-26(20)35/h1-4,7-9,12-13,19,23,37H,5-6,10-11,14-16H2,(H,33,38)(H,31,32,34). The summed E-state index contributed by atoms with van der Waals surface area (Å²) < 4.78 is 7.23. The fourth-order valence-corrected chi connectivity index (χ4v) is 5.38. The normalized spacial score (nSPS) is 16.2. The largest absolute Gasteiger partial charge is 0.394 e. The van der Waals surface area contributed by atoms with Crippen LogP contribution in [0.3, 0.4) is 0 Å². The van der Waals surface area contributed by atoms with Crippen molar-refractivity contribution in [3.05, 3.63) is 76.8 Å². The van der Waals surface area contributed by atoms with Crippen molar-refractivity contribution in [2.75, 3.05) is 31.7 Å². The molecule has 0 saturated carbocycles. The lowest BCUT2D eigenvalue weighted by Crippen LogP contribution is -2.40. The van der Waals surface area contributed by atoms with Gasteiger partial charge in [0.2, 0.25) is 11.9 Å². The number of ether oxygens (including phenoxy) is 1. The van der Waals surface area contributed by atoms with Crippen molar-refractivity contribution in [1.82, 2.24) is 29.6 Å². The molecule has 0 bridgehead atoms. The summed E-state index contributed by atoms with van der Waals surface area (Å²) >= 11 is 6.45. The predicted molar refractivity (Wildman–Crippen MR) is 148 cm³/mol. The number of nitrogens with one attached hydrogen (secondary N) is 2. The lowest BCUT2D eigenvalue weighted by atomic mass is 10.0. The summed E-state index contributed by atoms with van der Waals surface area (Å²) in [4.78, 5) is 41.0. The van der Waals surface area contributed by atoms with Gasteiger partial charge in [-0.25, -0.2) is 15.0 Å². The van der Waals surface area contributed by atoms with Crippen molar-refractivity contribution < 1.29 is 19.4 Å². The van der Waals surface area contributed by atoms with Gasteiger partial charge in [-0.2, -0.15) is 0 Å². The Hall–Kier alpha value is -4.06. The van der Waals surface area contributed by atoms with E-state index in [1.807, 2.05) is 34.9 Å². The van der Waals surface area contributed by atoms with E-state index in [-0.39, 0.29) is 31.0 Å². The molecule has 0 aliphatic carbocycles. The topological polar surface area (TPSA) is 134 Å². The number of aliphatic hydroxyl groups excluding tert-OH is 1. The fraction of sp³-hybridized carbons (Fsp3) is 0.321. The van der Waals surface area contributed by atoms with Gasteiger partial charge in [0.1, 0.15) is 12.2 Å². The summed E-state index contributed by atoms with van der Waals surface area (Å²) in [5.41, 5.74) is 3.86. The van der Waals surface area contributed by atoms with E-state index < -0.39 is 6.04 Å². The second-order valence-corrected chi connectivity index (χ2v) is 10.3. The van der Waals surface area contributed by atoms with Crippen LogP contribution in [-0.2, 0) is 16.1 Å². The van der Waals surface area contributed by atoms with Gasteiger partial charge in [0.25, 0.3) is 5.91 Å². The predicted octanol–water partition coefficient (Wildman–Crippen LogP) is 2.84. The third kappa shape index (κ3) is 5.23. The summed E-state index contributed by atoms with van der Waals surface area (Å²) in [5, 5.41) is 16.5. The summed E-state index contributed by atoms with van der Waals surface area (Å²) in [6.45, 7) is 1.24. The van der Waals surface area contributed by atoms with Crippen LogP contribution in [0.5, 0.6) is 0 Å². The molecule has 2 amide bonds. The number of benzene rings is 1. The Labute approximate surface area is 235 Å². The first-order chi connectivity index (χ1) is 19.5. The van der Waals surface area contributed by atoms with Crippen LogP contribution >= 0.6 is 11.6 Å². The van der Waals surface area contributed by atoms with Crippen LogP contribution in [0.2, 0.25) is 5.02 Å². The summed E-state index contributed by atoms with van der Waals surface area (Å²) in [7, 11) is 0. The number of amides is 2. The maximum atomic E-state index is 13.3. The first-order valence-electron chi connectivity index (χ1n) is 13.1. The zero-order valence-corrected chi connectivity index (χ0v) is 22.3. The van der Waals surface area contributed by atoms with Crippen molar-refractivity contribution >= 4 is 35.0 Å². The van der Waals surface area contributed by atoms with Crippen LogP contribution in [-0.4, -0.2) is 73.6 Å². The van der Waals surface area contributed by atoms with E-state index >= 15 is 0 Å². The highest BCUT2D eigenvalue weighted by molar-refractivity contribution is 6.33. The minimum atomic E-state index is -0.658. The number of imidazole rings is 1. The van der Waals surface area contributed by atoms with E-state index in [2.05, 4.69) is 25.6 Å². The van der Waals surface area contributed by atoms with Crippen molar-refractivity contribution in [1.29, 1.82) is 0 Å². The van der Waals surface area contributed by atoms with Crippen LogP contribution in [0.1, 0.15) is 40.4 Å².